The van der Waals surface area contributed by atoms with Crippen LogP contribution in [0.3, 0.4) is 0 Å². The van der Waals surface area contributed by atoms with Crippen LogP contribution < -0.4 is 23.7 Å². The summed E-state index contributed by atoms with van der Waals surface area (Å²) in [4.78, 5) is 0. The molecule has 0 aliphatic carbocycles. The van der Waals surface area contributed by atoms with Gasteiger partial charge in [-0.2, -0.15) is 0 Å². The van der Waals surface area contributed by atoms with Gasteiger partial charge in [0.2, 0.25) is 12.5 Å². The maximum atomic E-state index is 10.1. The predicted molar refractivity (Wildman–Crippen MR) is 144 cm³/mol. The maximum Gasteiger partial charge on any atom is 0.231 e. The fourth-order valence-corrected chi connectivity index (χ4v) is 5.49. The van der Waals surface area contributed by atoms with E-state index in [1.807, 2.05) is 31.2 Å². The van der Waals surface area contributed by atoms with E-state index in [1.165, 1.54) is 0 Å². The monoisotopic (exact) mass is 518 g/mol. The van der Waals surface area contributed by atoms with Crippen molar-refractivity contribution < 1.29 is 33.2 Å². The van der Waals surface area contributed by atoms with Gasteiger partial charge in [0.15, 0.2) is 31.3 Å². The summed E-state index contributed by atoms with van der Waals surface area (Å²) >= 11 is 0. The third-order valence-corrected chi connectivity index (χ3v) is 12.2. The molecule has 3 atom stereocenters. The van der Waals surface area contributed by atoms with Crippen molar-refractivity contribution in [3.05, 3.63) is 29.8 Å². The molecule has 36 heavy (non-hydrogen) atoms. The van der Waals surface area contributed by atoms with Gasteiger partial charge in [0.25, 0.3) is 0 Å². The quantitative estimate of drug-likeness (QED) is 0.363. The summed E-state index contributed by atoms with van der Waals surface area (Å²) in [6.45, 7) is 15.6. The first-order valence-electron chi connectivity index (χ1n) is 12.4. The Balaban J connectivity index is 2.35. The molecule has 0 spiro atoms. The van der Waals surface area contributed by atoms with E-state index in [9.17, 15) is 5.11 Å². The summed E-state index contributed by atoms with van der Waals surface area (Å²) in [6, 6.07) is 7.84. The summed E-state index contributed by atoms with van der Waals surface area (Å²) in [5.74, 6) is 3.00. The standard InChI is InChI=1S/C28H42O7Si/c1-17(15-29)18(2)25(35-36(9,10)28(3,4)5)20-14-23(30-6)26(31-7)27(32-8)24(20)19-11-12-21-22(13-19)34-16-33-21/h11-14,17-18,25,29H,15-16H2,1-10H3/t17-,18-,25+/m0/s1. The maximum absolute atomic E-state index is 10.1. The Bertz CT molecular complexity index is 1060. The van der Waals surface area contributed by atoms with E-state index >= 15 is 0 Å². The highest BCUT2D eigenvalue weighted by atomic mass is 28.4. The molecule has 7 nitrogen and oxygen atoms in total. The van der Waals surface area contributed by atoms with Crippen LogP contribution in [-0.4, -0.2) is 48.2 Å². The molecule has 0 fully saturated rings. The zero-order chi connectivity index (χ0) is 26.8. The van der Waals surface area contributed by atoms with Crippen molar-refractivity contribution in [3.8, 4) is 39.9 Å². The van der Waals surface area contributed by atoms with Gasteiger partial charge in [0.1, 0.15) is 0 Å². The summed E-state index contributed by atoms with van der Waals surface area (Å²) in [6.07, 6.45) is -0.331. The predicted octanol–water partition coefficient (Wildman–Crippen LogP) is 6.44. The Morgan fingerprint density at radius 1 is 0.944 bits per heavy atom. The van der Waals surface area contributed by atoms with Crippen molar-refractivity contribution >= 4 is 8.32 Å². The van der Waals surface area contributed by atoms with Crippen LogP contribution in [0.5, 0.6) is 28.7 Å². The van der Waals surface area contributed by atoms with Gasteiger partial charge in [0, 0.05) is 12.2 Å². The number of rotatable bonds is 10. The van der Waals surface area contributed by atoms with Crippen LogP contribution >= 0.6 is 0 Å². The van der Waals surface area contributed by atoms with Crippen LogP contribution in [-0.2, 0) is 4.43 Å². The Labute approximate surface area is 216 Å². The molecule has 8 heteroatoms. The fraction of sp³-hybridized carbons (Fsp3) is 0.571. The van der Waals surface area contributed by atoms with E-state index < -0.39 is 8.32 Å². The minimum Gasteiger partial charge on any atom is -0.493 e. The fourth-order valence-electron chi connectivity index (χ4n) is 4.16. The van der Waals surface area contributed by atoms with Crippen molar-refractivity contribution in [2.45, 2.75) is 58.9 Å². The molecule has 1 N–H and O–H groups in total. The highest BCUT2D eigenvalue weighted by Gasteiger charge is 2.42. The molecule has 0 amide bonds. The van der Waals surface area contributed by atoms with Gasteiger partial charge in [0.05, 0.1) is 27.4 Å². The normalized spacial score (nSPS) is 15.9. The Kier molecular flexibility index (Phi) is 8.53. The zero-order valence-electron chi connectivity index (χ0n) is 23.4. The topological polar surface area (TPSA) is 75.6 Å². The van der Waals surface area contributed by atoms with E-state index in [-0.39, 0.29) is 36.4 Å². The van der Waals surface area contributed by atoms with E-state index in [1.54, 1.807) is 21.3 Å². The number of methoxy groups -OCH3 is 3. The molecule has 2 aromatic rings. The molecule has 200 valence electrons. The van der Waals surface area contributed by atoms with Crippen molar-refractivity contribution in [3.63, 3.8) is 0 Å². The first kappa shape index (κ1) is 28.2. The van der Waals surface area contributed by atoms with Crippen molar-refractivity contribution in [2.24, 2.45) is 11.8 Å². The Morgan fingerprint density at radius 2 is 1.58 bits per heavy atom. The average molecular weight is 519 g/mol. The van der Waals surface area contributed by atoms with Crippen molar-refractivity contribution in [1.29, 1.82) is 0 Å². The lowest BCUT2D eigenvalue weighted by molar-refractivity contribution is 0.0721. The number of aliphatic hydroxyl groups excluding tert-OH is 1. The number of hydrogen-bond donors (Lipinski definition) is 1. The molecular weight excluding hydrogens is 476 g/mol. The van der Waals surface area contributed by atoms with Gasteiger partial charge in [-0.15, -0.1) is 0 Å². The van der Waals surface area contributed by atoms with Gasteiger partial charge >= 0.3 is 0 Å². The largest absolute Gasteiger partial charge is 0.493 e. The average Bonchev–Trinajstić information content (AvgIpc) is 3.32. The van der Waals surface area contributed by atoms with Gasteiger partial charge in [-0.05, 0) is 59.3 Å². The summed E-state index contributed by atoms with van der Waals surface area (Å²) in [5, 5.41) is 10.1. The van der Waals surface area contributed by atoms with Gasteiger partial charge < -0.3 is 33.2 Å². The van der Waals surface area contributed by atoms with Crippen LogP contribution in [0, 0.1) is 11.8 Å². The second kappa shape index (κ2) is 10.9. The third kappa shape index (κ3) is 5.31. The molecule has 1 heterocycles. The van der Waals surface area contributed by atoms with E-state index in [2.05, 4.69) is 40.8 Å². The molecule has 0 radical (unpaired) electrons. The second-order valence-electron chi connectivity index (χ2n) is 11.0. The second-order valence-corrected chi connectivity index (χ2v) is 15.8. The molecular formula is C28H42O7Si. The summed E-state index contributed by atoms with van der Waals surface area (Å²) in [7, 11) is 2.61. The van der Waals surface area contributed by atoms with Gasteiger partial charge in [-0.25, -0.2) is 0 Å². The molecule has 3 rings (SSSR count). The zero-order valence-corrected chi connectivity index (χ0v) is 24.4. The van der Waals surface area contributed by atoms with E-state index in [0.29, 0.717) is 28.7 Å². The van der Waals surface area contributed by atoms with Crippen LogP contribution in [0.4, 0.5) is 0 Å². The molecule has 0 aromatic heterocycles. The lowest BCUT2D eigenvalue weighted by atomic mass is 9.83. The molecule has 0 bridgehead atoms. The molecule has 0 saturated carbocycles. The number of benzene rings is 2. The summed E-state index contributed by atoms with van der Waals surface area (Å²) in [5.41, 5.74) is 2.65. The molecule has 1 aliphatic rings. The van der Waals surface area contributed by atoms with Crippen LogP contribution in [0.25, 0.3) is 11.1 Å². The van der Waals surface area contributed by atoms with Gasteiger partial charge in [-0.1, -0.05) is 40.7 Å². The number of fused-ring (bicyclic) bond motifs is 1. The minimum atomic E-state index is -2.23. The van der Waals surface area contributed by atoms with Crippen LogP contribution in [0.1, 0.15) is 46.3 Å². The lowest BCUT2D eigenvalue weighted by Crippen LogP contribution is -2.43. The summed E-state index contributed by atoms with van der Waals surface area (Å²) < 4.78 is 35.8. The molecule has 0 unspecified atom stereocenters. The van der Waals surface area contributed by atoms with Crippen LogP contribution in [0.15, 0.2) is 24.3 Å². The first-order chi connectivity index (χ1) is 16.9. The highest BCUT2D eigenvalue weighted by Crippen LogP contribution is 2.53. The third-order valence-electron chi connectivity index (χ3n) is 7.72. The molecule has 1 aliphatic heterocycles. The molecule has 2 aromatic carbocycles. The lowest BCUT2D eigenvalue weighted by Gasteiger charge is -2.42. The minimum absolute atomic E-state index is 0.000285. The van der Waals surface area contributed by atoms with Crippen LogP contribution in [0.2, 0.25) is 18.1 Å². The number of ether oxygens (including phenoxy) is 5. The first-order valence-corrected chi connectivity index (χ1v) is 15.3. The van der Waals surface area contributed by atoms with E-state index in [0.717, 1.165) is 16.7 Å². The van der Waals surface area contributed by atoms with E-state index in [4.69, 9.17) is 28.1 Å². The smallest absolute Gasteiger partial charge is 0.231 e. The Hall–Kier alpha value is -2.42. The van der Waals surface area contributed by atoms with Crippen molar-refractivity contribution in [2.75, 3.05) is 34.7 Å². The number of aliphatic hydroxyl groups is 1. The Morgan fingerprint density at radius 3 is 2.14 bits per heavy atom. The van der Waals surface area contributed by atoms with Gasteiger partial charge in [-0.3, -0.25) is 0 Å². The SMILES string of the molecule is COc1cc([C@H](O[Si](C)(C)C(C)(C)C)[C@@H](C)[C@@H](C)CO)c(-c2ccc3c(c2)OCO3)c(OC)c1OC. The highest BCUT2D eigenvalue weighted by molar-refractivity contribution is 6.74. The number of hydrogen-bond acceptors (Lipinski definition) is 7. The van der Waals surface area contributed by atoms with Crippen molar-refractivity contribution in [1.82, 2.24) is 0 Å². The molecule has 0 saturated heterocycles.